The predicted molar refractivity (Wildman–Crippen MR) is 133 cm³/mol. The molecule has 2 aromatic heterocycles. The molecule has 0 radical (unpaired) electrons. The van der Waals surface area contributed by atoms with E-state index in [4.69, 9.17) is 20.2 Å². The topological polar surface area (TPSA) is 128 Å². The smallest absolute Gasteiger partial charge is 0.250 e. The Kier molecular flexibility index (Phi) is 6.73. The molecule has 0 saturated carbocycles. The summed E-state index contributed by atoms with van der Waals surface area (Å²) >= 11 is 0. The number of aromatic nitrogens is 4. The van der Waals surface area contributed by atoms with Gasteiger partial charge in [-0.3, -0.25) is 4.79 Å². The highest BCUT2D eigenvalue weighted by molar-refractivity contribution is 5.92. The van der Waals surface area contributed by atoms with E-state index in [1.165, 1.54) is 0 Å². The number of nitrogens with one attached hydrogen (secondary N) is 1. The van der Waals surface area contributed by atoms with Gasteiger partial charge in [-0.05, 0) is 17.7 Å². The standard InChI is InChI=1S/C25H25N7O3/c26-25-30-23-22(24(31-25)32-10-12-34-13-11-32)29-20(14-27-23)18-6-8-19(9-7-18)28-21(33)16-35-15-17-4-2-1-3-5-17/h1-9,14H,10-13,15-16H2,(H,28,33)(H2,26,27,30,31). The summed E-state index contributed by atoms with van der Waals surface area (Å²) in [6, 6.07) is 17.1. The molecule has 178 valence electrons. The molecule has 10 nitrogen and oxygen atoms in total. The summed E-state index contributed by atoms with van der Waals surface area (Å²) in [6.07, 6.45) is 1.66. The lowest BCUT2D eigenvalue weighted by Gasteiger charge is -2.28. The maximum absolute atomic E-state index is 12.2. The van der Waals surface area contributed by atoms with Crippen molar-refractivity contribution in [2.75, 3.05) is 48.9 Å². The number of nitrogen functional groups attached to an aromatic ring is 1. The SMILES string of the molecule is Nc1nc(N2CCOCC2)c2nc(-c3ccc(NC(=O)COCc4ccccc4)cc3)cnc2n1. The molecule has 1 fully saturated rings. The fraction of sp³-hybridized carbons (Fsp3) is 0.240. The van der Waals surface area contributed by atoms with Crippen LogP contribution in [0.5, 0.6) is 0 Å². The molecule has 5 rings (SSSR count). The van der Waals surface area contributed by atoms with Gasteiger partial charge in [0.15, 0.2) is 17.0 Å². The second-order valence-corrected chi connectivity index (χ2v) is 8.04. The molecule has 35 heavy (non-hydrogen) atoms. The lowest BCUT2D eigenvalue weighted by atomic mass is 10.1. The Labute approximate surface area is 202 Å². The summed E-state index contributed by atoms with van der Waals surface area (Å²) < 4.78 is 10.9. The van der Waals surface area contributed by atoms with Gasteiger partial charge in [0.25, 0.3) is 0 Å². The van der Waals surface area contributed by atoms with E-state index < -0.39 is 0 Å². The number of carbonyl (C=O) groups is 1. The Balaban J connectivity index is 1.27. The van der Waals surface area contributed by atoms with Crippen molar-refractivity contribution in [3.8, 4) is 11.3 Å². The van der Waals surface area contributed by atoms with Crippen LogP contribution >= 0.6 is 0 Å². The largest absolute Gasteiger partial charge is 0.378 e. The molecular weight excluding hydrogens is 446 g/mol. The summed E-state index contributed by atoms with van der Waals surface area (Å²) in [5.74, 6) is 0.600. The quantitative estimate of drug-likeness (QED) is 0.418. The molecule has 4 aromatic rings. The highest BCUT2D eigenvalue weighted by atomic mass is 16.5. The summed E-state index contributed by atoms with van der Waals surface area (Å²) in [4.78, 5) is 32.2. The van der Waals surface area contributed by atoms with E-state index >= 15 is 0 Å². The van der Waals surface area contributed by atoms with Crippen LogP contribution < -0.4 is 16.0 Å². The molecule has 1 aliphatic heterocycles. The number of rotatable bonds is 7. The number of carbonyl (C=O) groups excluding carboxylic acids is 1. The fourth-order valence-electron chi connectivity index (χ4n) is 3.80. The average molecular weight is 472 g/mol. The Bertz CT molecular complexity index is 1310. The van der Waals surface area contributed by atoms with Gasteiger partial charge >= 0.3 is 0 Å². The number of morpholine rings is 1. The van der Waals surface area contributed by atoms with E-state index in [9.17, 15) is 4.79 Å². The summed E-state index contributed by atoms with van der Waals surface area (Å²) in [5.41, 5.74) is 10.1. The van der Waals surface area contributed by atoms with Gasteiger partial charge in [-0.15, -0.1) is 0 Å². The number of nitrogens with two attached hydrogens (primary N) is 1. The average Bonchev–Trinajstić information content (AvgIpc) is 2.89. The Morgan fingerprint density at radius 3 is 2.57 bits per heavy atom. The van der Waals surface area contributed by atoms with E-state index in [1.807, 2.05) is 54.6 Å². The van der Waals surface area contributed by atoms with Crippen molar-refractivity contribution in [2.24, 2.45) is 0 Å². The molecule has 3 N–H and O–H groups in total. The van der Waals surface area contributed by atoms with Gasteiger partial charge in [-0.2, -0.15) is 9.97 Å². The number of fused-ring (bicyclic) bond motifs is 1. The van der Waals surface area contributed by atoms with Crippen molar-refractivity contribution in [1.29, 1.82) is 0 Å². The number of benzene rings is 2. The lowest BCUT2D eigenvalue weighted by molar-refractivity contribution is -0.121. The molecule has 1 amide bonds. The predicted octanol–water partition coefficient (Wildman–Crippen LogP) is 2.66. The first kappa shape index (κ1) is 22.6. The highest BCUT2D eigenvalue weighted by Gasteiger charge is 2.19. The lowest BCUT2D eigenvalue weighted by Crippen LogP contribution is -2.37. The minimum Gasteiger partial charge on any atom is -0.378 e. The molecule has 10 heteroatoms. The van der Waals surface area contributed by atoms with E-state index in [2.05, 4.69) is 25.2 Å². The Hall–Kier alpha value is -4.15. The maximum Gasteiger partial charge on any atom is 0.250 e. The molecule has 0 unspecified atom stereocenters. The van der Waals surface area contributed by atoms with Crippen molar-refractivity contribution < 1.29 is 14.3 Å². The van der Waals surface area contributed by atoms with Crippen molar-refractivity contribution in [3.63, 3.8) is 0 Å². The molecule has 3 heterocycles. The minimum atomic E-state index is -0.218. The van der Waals surface area contributed by atoms with Crippen molar-refractivity contribution in [1.82, 2.24) is 19.9 Å². The number of ether oxygens (including phenoxy) is 2. The zero-order valence-corrected chi connectivity index (χ0v) is 19.1. The maximum atomic E-state index is 12.2. The minimum absolute atomic E-state index is 0.0275. The monoisotopic (exact) mass is 471 g/mol. The van der Waals surface area contributed by atoms with Crippen LogP contribution in [-0.4, -0.2) is 58.8 Å². The molecular formula is C25H25N7O3. The molecule has 0 bridgehead atoms. The van der Waals surface area contributed by atoms with Gasteiger partial charge in [0.2, 0.25) is 11.9 Å². The first-order valence-electron chi connectivity index (χ1n) is 11.3. The molecule has 0 spiro atoms. The third-order valence-corrected chi connectivity index (χ3v) is 5.53. The highest BCUT2D eigenvalue weighted by Crippen LogP contribution is 2.26. The Morgan fingerprint density at radius 2 is 1.80 bits per heavy atom. The fourth-order valence-corrected chi connectivity index (χ4v) is 3.80. The third-order valence-electron chi connectivity index (χ3n) is 5.53. The van der Waals surface area contributed by atoms with Gasteiger partial charge in [0.1, 0.15) is 6.61 Å². The van der Waals surface area contributed by atoms with Crippen LogP contribution in [0.1, 0.15) is 5.56 Å². The van der Waals surface area contributed by atoms with Crippen molar-refractivity contribution >= 4 is 34.5 Å². The number of hydrogen-bond donors (Lipinski definition) is 2. The van der Waals surface area contributed by atoms with E-state index in [0.29, 0.717) is 61.3 Å². The molecule has 0 aliphatic carbocycles. The second kappa shape index (κ2) is 10.4. The number of nitrogens with zero attached hydrogens (tertiary/aromatic N) is 5. The first-order chi connectivity index (χ1) is 17.2. The first-order valence-corrected chi connectivity index (χ1v) is 11.3. The molecule has 1 aliphatic rings. The second-order valence-electron chi connectivity index (χ2n) is 8.04. The van der Waals surface area contributed by atoms with Crippen LogP contribution in [0.15, 0.2) is 60.8 Å². The zero-order valence-electron chi connectivity index (χ0n) is 19.1. The van der Waals surface area contributed by atoms with Crippen LogP contribution in [0, 0.1) is 0 Å². The van der Waals surface area contributed by atoms with E-state index in [0.717, 1.165) is 11.1 Å². The third kappa shape index (κ3) is 5.51. The zero-order chi connectivity index (χ0) is 24.0. The molecule has 2 aromatic carbocycles. The normalized spacial score (nSPS) is 13.7. The Morgan fingerprint density at radius 1 is 1.03 bits per heavy atom. The summed E-state index contributed by atoms with van der Waals surface area (Å²) in [5, 5.41) is 2.84. The van der Waals surface area contributed by atoms with Crippen LogP contribution in [0.2, 0.25) is 0 Å². The molecule has 1 saturated heterocycles. The number of anilines is 3. The van der Waals surface area contributed by atoms with Gasteiger partial charge in [0.05, 0.1) is 31.7 Å². The van der Waals surface area contributed by atoms with Gasteiger partial charge < -0.3 is 25.4 Å². The number of hydrogen-bond acceptors (Lipinski definition) is 9. The van der Waals surface area contributed by atoms with Gasteiger partial charge in [-0.1, -0.05) is 42.5 Å². The van der Waals surface area contributed by atoms with Crippen LogP contribution in [0.4, 0.5) is 17.5 Å². The van der Waals surface area contributed by atoms with Crippen LogP contribution in [-0.2, 0) is 20.9 Å². The van der Waals surface area contributed by atoms with E-state index in [1.54, 1.807) is 6.20 Å². The van der Waals surface area contributed by atoms with Crippen molar-refractivity contribution in [2.45, 2.75) is 6.61 Å². The number of amides is 1. The van der Waals surface area contributed by atoms with E-state index in [-0.39, 0.29) is 18.5 Å². The van der Waals surface area contributed by atoms with Gasteiger partial charge in [-0.25, -0.2) is 9.97 Å². The van der Waals surface area contributed by atoms with Crippen LogP contribution in [0.3, 0.4) is 0 Å². The summed E-state index contributed by atoms with van der Waals surface area (Å²) in [7, 11) is 0. The van der Waals surface area contributed by atoms with Crippen molar-refractivity contribution in [3.05, 3.63) is 66.4 Å². The summed E-state index contributed by atoms with van der Waals surface area (Å²) in [6.45, 7) is 2.98. The van der Waals surface area contributed by atoms with Crippen LogP contribution in [0.25, 0.3) is 22.4 Å². The van der Waals surface area contributed by atoms with Gasteiger partial charge in [0, 0.05) is 24.3 Å². The molecule has 0 atom stereocenters.